The first kappa shape index (κ1) is 15.7. The maximum atomic E-state index is 13.1. The lowest BCUT2D eigenvalue weighted by Crippen LogP contribution is -2.41. The van der Waals surface area contributed by atoms with Crippen molar-refractivity contribution in [3.8, 4) is 0 Å². The lowest BCUT2D eigenvalue weighted by atomic mass is 9.91. The van der Waals surface area contributed by atoms with Crippen LogP contribution < -0.4 is 5.73 Å². The molecular formula is C11H10F7N. The number of halogens is 7. The predicted molar refractivity (Wildman–Crippen MR) is 53.9 cm³/mol. The highest BCUT2D eigenvalue weighted by molar-refractivity contribution is 5.32. The molecule has 0 saturated heterocycles. The summed E-state index contributed by atoms with van der Waals surface area (Å²) in [6.45, 7) is 0.850. The average molecular weight is 289 g/mol. The Balaban J connectivity index is 3.30. The van der Waals surface area contributed by atoms with Crippen LogP contribution in [0, 0.1) is 0 Å². The third-order valence-electron chi connectivity index (χ3n) is 2.66. The van der Waals surface area contributed by atoms with Gasteiger partial charge in [-0.25, -0.2) is 8.78 Å². The number of hydrogen-bond donors (Lipinski definition) is 1. The summed E-state index contributed by atoms with van der Waals surface area (Å²) < 4.78 is 87.9. The molecule has 0 bridgehead atoms. The van der Waals surface area contributed by atoms with Crippen LogP contribution in [-0.4, -0.2) is 12.6 Å². The molecule has 0 aromatic heterocycles. The molecule has 1 atom stereocenters. The van der Waals surface area contributed by atoms with Gasteiger partial charge in [0.05, 0.1) is 5.54 Å². The molecule has 0 spiro atoms. The van der Waals surface area contributed by atoms with Crippen molar-refractivity contribution in [2.24, 2.45) is 5.73 Å². The van der Waals surface area contributed by atoms with Gasteiger partial charge in [0.1, 0.15) is 0 Å². The molecule has 0 fully saturated rings. The summed E-state index contributed by atoms with van der Waals surface area (Å²) in [5.74, 6) is -5.12. The maximum absolute atomic E-state index is 13.1. The topological polar surface area (TPSA) is 26.0 Å². The van der Waals surface area contributed by atoms with E-state index in [-0.39, 0.29) is 0 Å². The average Bonchev–Trinajstić information content (AvgIpc) is 2.27. The molecule has 1 aromatic carbocycles. The highest BCUT2D eigenvalue weighted by Gasteiger charge is 2.58. The van der Waals surface area contributed by atoms with Gasteiger partial charge in [0, 0.05) is 5.56 Å². The van der Waals surface area contributed by atoms with Crippen molar-refractivity contribution in [2.45, 2.75) is 31.0 Å². The van der Waals surface area contributed by atoms with E-state index >= 15 is 0 Å². The third kappa shape index (κ3) is 2.83. The van der Waals surface area contributed by atoms with Gasteiger partial charge in [0.2, 0.25) is 0 Å². The Hall–Kier alpha value is -1.31. The SMILES string of the molecule is CC(N)(c1cccc(C(F)(F)C(F)(F)F)c1)C(F)F. The molecule has 0 amide bonds. The van der Waals surface area contributed by atoms with Crippen molar-refractivity contribution < 1.29 is 30.7 Å². The summed E-state index contributed by atoms with van der Waals surface area (Å²) in [7, 11) is 0. The lowest BCUT2D eigenvalue weighted by Gasteiger charge is -2.26. The number of alkyl halides is 7. The van der Waals surface area contributed by atoms with E-state index < -0.39 is 35.2 Å². The smallest absolute Gasteiger partial charge is 0.317 e. The molecule has 1 rings (SSSR count). The van der Waals surface area contributed by atoms with E-state index in [4.69, 9.17) is 5.73 Å². The Bertz CT molecular complexity index is 451. The molecule has 0 radical (unpaired) electrons. The van der Waals surface area contributed by atoms with Crippen LogP contribution in [0.1, 0.15) is 18.1 Å². The first-order valence-electron chi connectivity index (χ1n) is 5.03. The van der Waals surface area contributed by atoms with E-state index in [1.807, 2.05) is 0 Å². The Morgan fingerprint density at radius 2 is 1.47 bits per heavy atom. The molecule has 2 N–H and O–H groups in total. The second-order valence-electron chi connectivity index (χ2n) is 4.24. The van der Waals surface area contributed by atoms with Crippen LogP contribution in [0.4, 0.5) is 30.7 Å². The van der Waals surface area contributed by atoms with E-state index in [0.29, 0.717) is 12.1 Å². The zero-order chi connectivity index (χ0) is 15.1. The lowest BCUT2D eigenvalue weighted by molar-refractivity contribution is -0.289. The molecule has 1 nitrogen and oxygen atoms in total. The van der Waals surface area contributed by atoms with E-state index in [1.54, 1.807) is 0 Å². The minimum absolute atomic E-state index is 0.347. The van der Waals surface area contributed by atoms with E-state index in [9.17, 15) is 30.7 Å². The van der Waals surface area contributed by atoms with Crippen molar-refractivity contribution >= 4 is 0 Å². The van der Waals surface area contributed by atoms with Crippen molar-refractivity contribution in [1.29, 1.82) is 0 Å². The van der Waals surface area contributed by atoms with Crippen LogP contribution in [0.3, 0.4) is 0 Å². The summed E-state index contributed by atoms with van der Waals surface area (Å²) in [4.78, 5) is 0. The second kappa shape index (κ2) is 4.66. The third-order valence-corrected chi connectivity index (χ3v) is 2.66. The Kier molecular flexibility index (Phi) is 3.86. The molecule has 19 heavy (non-hydrogen) atoms. The van der Waals surface area contributed by atoms with Gasteiger partial charge in [-0.15, -0.1) is 0 Å². The van der Waals surface area contributed by atoms with Crippen LogP contribution in [0.15, 0.2) is 24.3 Å². The first-order valence-corrected chi connectivity index (χ1v) is 5.03. The standard InChI is InChI=1S/C11H10F7N/c1-9(19,8(12)13)6-3-2-4-7(5-6)10(14,15)11(16,17)18/h2-5,8H,19H2,1H3. The van der Waals surface area contributed by atoms with E-state index in [1.165, 1.54) is 0 Å². The molecule has 0 saturated carbocycles. The van der Waals surface area contributed by atoms with Gasteiger partial charge in [-0.05, 0) is 18.6 Å². The highest BCUT2D eigenvalue weighted by atomic mass is 19.4. The molecular weight excluding hydrogens is 279 g/mol. The number of hydrogen-bond acceptors (Lipinski definition) is 1. The zero-order valence-corrected chi connectivity index (χ0v) is 9.61. The van der Waals surface area contributed by atoms with Crippen LogP contribution in [0.2, 0.25) is 0 Å². The van der Waals surface area contributed by atoms with Crippen LogP contribution in [0.5, 0.6) is 0 Å². The van der Waals surface area contributed by atoms with Gasteiger partial charge in [-0.2, -0.15) is 22.0 Å². The van der Waals surface area contributed by atoms with Gasteiger partial charge < -0.3 is 5.73 Å². The van der Waals surface area contributed by atoms with Crippen molar-refractivity contribution in [2.75, 3.05) is 0 Å². The number of nitrogens with two attached hydrogens (primary N) is 1. The van der Waals surface area contributed by atoms with Crippen molar-refractivity contribution in [3.63, 3.8) is 0 Å². The van der Waals surface area contributed by atoms with Crippen LogP contribution in [0.25, 0.3) is 0 Å². The summed E-state index contributed by atoms with van der Waals surface area (Å²) >= 11 is 0. The number of benzene rings is 1. The molecule has 0 aliphatic heterocycles. The zero-order valence-electron chi connectivity index (χ0n) is 9.61. The maximum Gasteiger partial charge on any atom is 0.458 e. The molecule has 0 aliphatic carbocycles. The molecule has 1 aromatic rings. The Morgan fingerprint density at radius 3 is 1.89 bits per heavy atom. The van der Waals surface area contributed by atoms with Gasteiger partial charge >= 0.3 is 12.1 Å². The largest absolute Gasteiger partial charge is 0.458 e. The van der Waals surface area contributed by atoms with Crippen molar-refractivity contribution in [3.05, 3.63) is 35.4 Å². The summed E-state index contributed by atoms with van der Waals surface area (Å²) in [6, 6.07) is 2.66. The van der Waals surface area contributed by atoms with Gasteiger partial charge in [-0.3, -0.25) is 0 Å². The fourth-order valence-corrected chi connectivity index (χ4v) is 1.34. The second-order valence-corrected chi connectivity index (χ2v) is 4.24. The summed E-state index contributed by atoms with van der Waals surface area (Å²) in [6.07, 6.45) is -8.91. The molecule has 108 valence electrons. The van der Waals surface area contributed by atoms with Gasteiger partial charge in [0.15, 0.2) is 0 Å². The fraction of sp³-hybridized carbons (Fsp3) is 0.455. The van der Waals surface area contributed by atoms with Crippen LogP contribution >= 0.6 is 0 Å². The Labute approximate surface area is 104 Å². The monoisotopic (exact) mass is 289 g/mol. The Morgan fingerprint density at radius 1 is 1.00 bits per heavy atom. The minimum atomic E-state index is -5.80. The number of rotatable bonds is 3. The predicted octanol–water partition coefficient (Wildman–Crippen LogP) is 3.78. The summed E-state index contributed by atoms with van der Waals surface area (Å²) in [5, 5.41) is 0. The molecule has 0 heterocycles. The van der Waals surface area contributed by atoms with Gasteiger partial charge in [-0.1, -0.05) is 18.2 Å². The van der Waals surface area contributed by atoms with Gasteiger partial charge in [0.25, 0.3) is 6.43 Å². The normalized spacial score (nSPS) is 16.5. The van der Waals surface area contributed by atoms with E-state index in [2.05, 4.69) is 0 Å². The van der Waals surface area contributed by atoms with E-state index in [0.717, 1.165) is 19.1 Å². The minimum Gasteiger partial charge on any atom is -0.317 e. The summed E-state index contributed by atoms with van der Waals surface area (Å²) in [5.41, 5.74) is 1.00. The quantitative estimate of drug-likeness (QED) is 0.842. The molecule has 0 aliphatic rings. The molecule has 1 unspecified atom stereocenters. The molecule has 8 heteroatoms. The fourth-order valence-electron chi connectivity index (χ4n) is 1.34. The van der Waals surface area contributed by atoms with Crippen LogP contribution in [-0.2, 0) is 11.5 Å². The first-order chi connectivity index (χ1) is 8.40. The van der Waals surface area contributed by atoms with Crippen molar-refractivity contribution in [1.82, 2.24) is 0 Å². The highest BCUT2D eigenvalue weighted by Crippen LogP contribution is 2.44.